The van der Waals surface area contributed by atoms with E-state index in [1.807, 2.05) is 19.1 Å². The second kappa shape index (κ2) is 9.71. The number of hydrogen-bond donors (Lipinski definition) is 1. The van der Waals surface area contributed by atoms with E-state index < -0.39 is 17.7 Å². The van der Waals surface area contributed by atoms with Crippen molar-refractivity contribution in [3.05, 3.63) is 30.1 Å². The number of ether oxygens (including phenoxy) is 1. The largest absolute Gasteiger partial charge is 0.444 e. The van der Waals surface area contributed by atoms with Gasteiger partial charge in [-0.1, -0.05) is 6.07 Å². The third-order valence-corrected chi connectivity index (χ3v) is 4.61. The number of rotatable bonds is 6. The van der Waals surface area contributed by atoms with E-state index in [0.29, 0.717) is 26.1 Å². The third kappa shape index (κ3) is 7.03. The highest BCUT2D eigenvalue weighted by Crippen LogP contribution is 2.21. The van der Waals surface area contributed by atoms with Crippen LogP contribution >= 0.6 is 0 Å². The topological polar surface area (TPSA) is 91.8 Å². The summed E-state index contributed by atoms with van der Waals surface area (Å²) in [7, 11) is 0. The second-order valence-electron chi connectivity index (χ2n) is 8.50. The number of carbonyl (C=O) groups is 3. The van der Waals surface area contributed by atoms with Crippen LogP contribution in [0.5, 0.6) is 0 Å². The summed E-state index contributed by atoms with van der Waals surface area (Å²) in [6.45, 7) is 9.96. The highest BCUT2D eigenvalue weighted by atomic mass is 16.6. The SMILES string of the molecule is CC(=O)N1CCCC1C(=O)N(Cc1cccnc1)CC(C)NC(=O)OC(C)(C)C. The molecule has 0 bridgehead atoms. The van der Waals surface area contributed by atoms with Gasteiger partial charge in [-0.2, -0.15) is 0 Å². The molecule has 1 aliphatic heterocycles. The van der Waals surface area contributed by atoms with Crippen molar-refractivity contribution in [1.82, 2.24) is 20.1 Å². The van der Waals surface area contributed by atoms with Crippen molar-refractivity contribution >= 4 is 17.9 Å². The summed E-state index contributed by atoms with van der Waals surface area (Å²) in [5.74, 6) is -0.207. The van der Waals surface area contributed by atoms with Crippen LogP contribution < -0.4 is 5.32 Å². The lowest BCUT2D eigenvalue weighted by Crippen LogP contribution is -2.51. The Morgan fingerprint density at radius 1 is 1.38 bits per heavy atom. The summed E-state index contributed by atoms with van der Waals surface area (Å²) in [4.78, 5) is 44.7. The molecule has 0 saturated carbocycles. The Labute approximate surface area is 172 Å². The predicted octanol–water partition coefficient (Wildman–Crippen LogP) is 2.33. The molecule has 0 aromatic carbocycles. The molecule has 2 atom stereocenters. The molecule has 29 heavy (non-hydrogen) atoms. The number of alkyl carbamates (subject to hydrolysis) is 1. The normalized spacial score (nSPS) is 17.6. The number of nitrogens with one attached hydrogen (secondary N) is 1. The molecule has 3 amide bonds. The average Bonchev–Trinajstić information content (AvgIpc) is 3.09. The van der Waals surface area contributed by atoms with Crippen molar-refractivity contribution in [1.29, 1.82) is 0 Å². The van der Waals surface area contributed by atoms with E-state index in [0.717, 1.165) is 12.0 Å². The lowest BCUT2D eigenvalue weighted by molar-refractivity contribution is -0.143. The van der Waals surface area contributed by atoms with Gasteiger partial charge in [0.05, 0.1) is 0 Å². The van der Waals surface area contributed by atoms with Gasteiger partial charge < -0.3 is 19.9 Å². The van der Waals surface area contributed by atoms with Crippen LogP contribution in [0.3, 0.4) is 0 Å². The molecule has 2 heterocycles. The molecule has 1 fully saturated rings. The van der Waals surface area contributed by atoms with Crippen LogP contribution in [-0.2, 0) is 20.9 Å². The van der Waals surface area contributed by atoms with Crippen LogP contribution in [0, 0.1) is 0 Å². The van der Waals surface area contributed by atoms with Gasteiger partial charge in [-0.25, -0.2) is 4.79 Å². The van der Waals surface area contributed by atoms with Gasteiger partial charge in [0, 0.05) is 45.0 Å². The van der Waals surface area contributed by atoms with Gasteiger partial charge in [0.2, 0.25) is 11.8 Å². The molecule has 8 heteroatoms. The van der Waals surface area contributed by atoms with Gasteiger partial charge in [-0.15, -0.1) is 0 Å². The lowest BCUT2D eigenvalue weighted by atomic mass is 10.1. The van der Waals surface area contributed by atoms with E-state index in [2.05, 4.69) is 10.3 Å². The van der Waals surface area contributed by atoms with Crippen molar-refractivity contribution < 1.29 is 19.1 Å². The summed E-state index contributed by atoms with van der Waals surface area (Å²) in [5.41, 5.74) is 0.290. The molecule has 1 N–H and O–H groups in total. The van der Waals surface area contributed by atoms with E-state index in [-0.39, 0.29) is 17.9 Å². The Morgan fingerprint density at radius 2 is 2.10 bits per heavy atom. The molecular weight excluding hydrogens is 372 g/mol. The van der Waals surface area contributed by atoms with Crippen LogP contribution in [0.2, 0.25) is 0 Å². The highest BCUT2D eigenvalue weighted by molar-refractivity contribution is 5.87. The maximum Gasteiger partial charge on any atom is 0.407 e. The predicted molar refractivity (Wildman–Crippen MR) is 109 cm³/mol. The maximum absolute atomic E-state index is 13.3. The van der Waals surface area contributed by atoms with E-state index in [1.165, 1.54) is 6.92 Å². The first kappa shape index (κ1) is 22.6. The van der Waals surface area contributed by atoms with Gasteiger partial charge in [0.1, 0.15) is 11.6 Å². The number of nitrogens with zero attached hydrogens (tertiary/aromatic N) is 3. The monoisotopic (exact) mass is 404 g/mol. The Balaban J connectivity index is 2.11. The zero-order chi connectivity index (χ0) is 21.6. The van der Waals surface area contributed by atoms with Gasteiger partial charge in [0.15, 0.2) is 0 Å². The van der Waals surface area contributed by atoms with Gasteiger partial charge >= 0.3 is 6.09 Å². The van der Waals surface area contributed by atoms with Gasteiger partial charge in [-0.05, 0) is 52.2 Å². The molecule has 0 aliphatic carbocycles. The van der Waals surface area contributed by atoms with E-state index in [4.69, 9.17) is 4.74 Å². The molecule has 160 valence electrons. The summed E-state index contributed by atoms with van der Waals surface area (Å²) in [6, 6.07) is 2.93. The number of amides is 3. The molecule has 0 spiro atoms. The minimum absolute atomic E-state index is 0.0953. The van der Waals surface area contributed by atoms with Crippen LogP contribution in [0.15, 0.2) is 24.5 Å². The molecule has 1 aromatic heterocycles. The molecule has 1 saturated heterocycles. The van der Waals surface area contributed by atoms with Crippen molar-refractivity contribution in [2.45, 2.75) is 71.7 Å². The first-order chi connectivity index (χ1) is 13.6. The van der Waals surface area contributed by atoms with E-state index in [9.17, 15) is 14.4 Å². The first-order valence-corrected chi connectivity index (χ1v) is 10.0. The Kier molecular flexibility index (Phi) is 7.59. The molecule has 1 aromatic rings. The number of aromatic nitrogens is 1. The summed E-state index contributed by atoms with van der Waals surface area (Å²) in [5, 5.41) is 2.78. The van der Waals surface area contributed by atoms with Crippen LogP contribution in [0.1, 0.15) is 53.0 Å². The fourth-order valence-electron chi connectivity index (χ4n) is 3.44. The van der Waals surface area contributed by atoms with E-state index in [1.54, 1.807) is 43.0 Å². The zero-order valence-corrected chi connectivity index (χ0v) is 18.0. The molecular formula is C21H32N4O4. The summed E-state index contributed by atoms with van der Waals surface area (Å²) >= 11 is 0. The van der Waals surface area contributed by atoms with Crippen LogP contribution in [0.25, 0.3) is 0 Å². The number of hydrogen-bond acceptors (Lipinski definition) is 5. The lowest BCUT2D eigenvalue weighted by Gasteiger charge is -2.32. The number of carbonyl (C=O) groups excluding carboxylic acids is 3. The van der Waals surface area contributed by atoms with Crippen LogP contribution in [-0.4, -0.2) is 63.5 Å². The Morgan fingerprint density at radius 3 is 2.69 bits per heavy atom. The molecule has 0 radical (unpaired) electrons. The molecule has 8 nitrogen and oxygen atoms in total. The van der Waals surface area contributed by atoms with Crippen LogP contribution in [0.4, 0.5) is 4.79 Å². The van der Waals surface area contributed by atoms with Crippen molar-refractivity contribution in [2.75, 3.05) is 13.1 Å². The van der Waals surface area contributed by atoms with Gasteiger partial charge in [0.25, 0.3) is 0 Å². The minimum Gasteiger partial charge on any atom is -0.444 e. The Hall–Kier alpha value is -2.64. The number of pyridine rings is 1. The average molecular weight is 405 g/mol. The molecule has 2 unspecified atom stereocenters. The molecule has 1 aliphatic rings. The van der Waals surface area contributed by atoms with Crippen molar-refractivity contribution in [3.63, 3.8) is 0 Å². The minimum atomic E-state index is -0.596. The summed E-state index contributed by atoms with van der Waals surface area (Å²) in [6.07, 6.45) is 4.32. The van der Waals surface area contributed by atoms with E-state index >= 15 is 0 Å². The highest BCUT2D eigenvalue weighted by Gasteiger charge is 2.35. The quantitative estimate of drug-likeness (QED) is 0.786. The fraction of sp³-hybridized carbons (Fsp3) is 0.619. The first-order valence-electron chi connectivity index (χ1n) is 10.0. The zero-order valence-electron chi connectivity index (χ0n) is 18.0. The fourth-order valence-corrected chi connectivity index (χ4v) is 3.44. The second-order valence-corrected chi connectivity index (χ2v) is 8.50. The van der Waals surface area contributed by atoms with Crippen molar-refractivity contribution in [3.8, 4) is 0 Å². The smallest absolute Gasteiger partial charge is 0.407 e. The Bertz CT molecular complexity index is 717. The molecule has 2 rings (SSSR count). The standard InChI is InChI=1S/C21H32N4O4/c1-15(23-20(28)29-21(3,4)5)13-24(14-17-8-6-10-22-12-17)19(27)18-9-7-11-25(18)16(2)26/h6,8,10,12,15,18H,7,9,11,13-14H2,1-5H3,(H,23,28). The number of likely N-dealkylation sites (tertiary alicyclic amines) is 1. The maximum atomic E-state index is 13.3. The summed E-state index contributed by atoms with van der Waals surface area (Å²) < 4.78 is 5.30. The third-order valence-electron chi connectivity index (χ3n) is 4.61. The van der Waals surface area contributed by atoms with Gasteiger partial charge in [-0.3, -0.25) is 14.6 Å². The van der Waals surface area contributed by atoms with Crippen molar-refractivity contribution in [2.24, 2.45) is 0 Å².